The first kappa shape index (κ1) is 9.45. The zero-order valence-electron chi connectivity index (χ0n) is 7.14. The number of hydrogen-bond acceptors (Lipinski definition) is 2. The summed E-state index contributed by atoms with van der Waals surface area (Å²) < 4.78 is 18.7. The molecule has 2 rings (SSSR count). The summed E-state index contributed by atoms with van der Waals surface area (Å²) in [4.78, 5) is 11.0. The molecule has 0 unspecified atom stereocenters. The number of alkyl halides is 1. The summed E-state index contributed by atoms with van der Waals surface area (Å²) in [5, 5.41) is 2.85. The van der Waals surface area contributed by atoms with Gasteiger partial charge >= 0.3 is 0 Å². The smallest absolute Gasteiger partial charge is 0.262 e. The molecule has 5 heteroatoms. The van der Waals surface area contributed by atoms with Gasteiger partial charge in [0.2, 0.25) is 0 Å². The lowest BCUT2D eigenvalue weighted by Crippen LogP contribution is -2.26. The van der Waals surface area contributed by atoms with Crippen molar-refractivity contribution in [3.63, 3.8) is 0 Å². The van der Waals surface area contributed by atoms with Crippen molar-refractivity contribution in [2.24, 2.45) is 0 Å². The summed E-state index contributed by atoms with van der Waals surface area (Å²) in [5.41, 5.74) is 0.632. The Hall–Kier alpha value is -1.10. The van der Waals surface area contributed by atoms with Gasteiger partial charge < -0.3 is 10.1 Å². The molecule has 0 saturated heterocycles. The van der Waals surface area contributed by atoms with Crippen LogP contribution in [0.5, 0.6) is 5.75 Å². The lowest BCUT2D eigenvalue weighted by Gasteiger charge is -2.19. The molecule has 1 amide bonds. The fourth-order valence-electron chi connectivity index (χ4n) is 1.26. The van der Waals surface area contributed by atoms with E-state index in [2.05, 4.69) is 21.2 Å². The Bertz CT molecular complexity index is 395. The molecule has 1 aliphatic rings. The largest absolute Gasteiger partial charge is 0.481 e. The maximum atomic E-state index is 13.6. The first-order chi connectivity index (χ1) is 6.72. The molecule has 14 heavy (non-hydrogen) atoms. The fraction of sp³-hybridized carbons (Fsp3) is 0.222. The highest BCUT2D eigenvalue weighted by Gasteiger charge is 2.21. The minimum atomic E-state index is -0.438. The number of rotatable bonds is 1. The predicted octanol–water partition coefficient (Wildman–Crippen LogP) is 2.05. The molecule has 0 saturated carbocycles. The Kier molecular flexibility index (Phi) is 2.41. The Balaban J connectivity index is 2.50. The van der Waals surface area contributed by atoms with Gasteiger partial charge in [-0.1, -0.05) is 22.0 Å². The molecule has 3 nitrogen and oxygen atoms in total. The molecule has 1 heterocycles. The molecule has 1 aliphatic heterocycles. The zero-order chi connectivity index (χ0) is 10.1. The van der Waals surface area contributed by atoms with Gasteiger partial charge in [-0.2, -0.15) is 0 Å². The summed E-state index contributed by atoms with van der Waals surface area (Å²) in [5.74, 6) is -0.387. The van der Waals surface area contributed by atoms with E-state index >= 15 is 0 Å². The van der Waals surface area contributed by atoms with Crippen molar-refractivity contribution < 1.29 is 13.9 Å². The fourth-order valence-corrected chi connectivity index (χ4v) is 1.69. The van der Waals surface area contributed by atoms with Gasteiger partial charge in [0, 0.05) is 10.9 Å². The quantitative estimate of drug-likeness (QED) is 0.785. The summed E-state index contributed by atoms with van der Waals surface area (Å²) >= 11 is 3.16. The second kappa shape index (κ2) is 3.57. The molecule has 1 aromatic carbocycles. The van der Waals surface area contributed by atoms with Crippen molar-refractivity contribution in [3.8, 4) is 5.75 Å². The second-order valence-corrected chi connectivity index (χ2v) is 3.44. The van der Waals surface area contributed by atoms with Crippen molar-refractivity contribution in [1.29, 1.82) is 0 Å². The number of nitrogens with one attached hydrogen (secondary N) is 1. The first-order valence-electron chi connectivity index (χ1n) is 4.02. The molecule has 1 aromatic rings. The highest BCUT2D eigenvalue weighted by atomic mass is 79.9. The SMILES string of the molecule is O=C1COc2ccc(CBr)c(F)c2N1. The van der Waals surface area contributed by atoms with Gasteiger partial charge in [-0.25, -0.2) is 4.39 Å². The van der Waals surface area contributed by atoms with Crippen LogP contribution in [0.15, 0.2) is 12.1 Å². The summed E-state index contributed by atoms with van der Waals surface area (Å²) in [6.45, 7) is -0.0555. The number of carbonyl (C=O) groups is 1. The van der Waals surface area contributed by atoms with E-state index in [1.54, 1.807) is 12.1 Å². The second-order valence-electron chi connectivity index (χ2n) is 2.88. The average molecular weight is 260 g/mol. The van der Waals surface area contributed by atoms with Crippen LogP contribution in [-0.4, -0.2) is 12.5 Å². The third kappa shape index (κ3) is 1.48. The van der Waals surface area contributed by atoms with E-state index in [0.29, 0.717) is 16.6 Å². The van der Waals surface area contributed by atoms with E-state index in [-0.39, 0.29) is 18.2 Å². The standard InChI is InChI=1S/C9H7BrFNO2/c10-3-5-1-2-6-9(8(5)11)12-7(13)4-14-6/h1-2H,3-4H2,(H,12,13). The highest BCUT2D eigenvalue weighted by Crippen LogP contribution is 2.32. The van der Waals surface area contributed by atoms with Crippen LogP contribution >= 0.6 is 15.9 Å². The number of ether oxygens (including phenoxy) is 1. The van der Waals surface area contributed by atoms with Gasteiger partial charge in [0.1, 0.15) is 11.4 Å². The third-order valence-corrected chi connectivity index (χ3v) is 2.55. The van der Waals surface area contributed by atoms with E-state index in [4.69, 9.17) is 4.74 Å². The molecular formula is C9H7BrFNO2. The van der Waals surface area contributed by atoms with Crippen molar-refractivity contribution in [2.45, 2.75) is 5.33 Å². The van der Waals surface area contributed by atoms with Crippen molar-refractivity contribution >= 4 is 27.5 Å². The molecule has 0 radical (unpaired) electrons. The van der Waals surface area contributed by atoms with E-state index in [0.717, 1.165) is 0 Å². The number of amides is 1. The van der Waals surface area contributed by atoms with Gasteiger partial charge in [0.15, 0.2) is 12.4 Å². The first-order valence-corrected chi connectivity index (χ1v) is 5.14. The maximum Gasteiger partial charge on any atom is 0.262 e. The number of benzene rings is 1. The lowest BCUT2D eigenvalue weighted by atomic mass is 10.1. The zero-order valence-corrected chi connectivity index (χ0v) is 8.73. The Morgan fingerprint density at radius 2 is 2.36 bits per heavy atom. The van der Waals surface area contributed by atoms with Gasteiger partial charge in [-0.05, 0) is 6.07 Å². The van der Waals surface area contributed by atoms with E-state index in [1.807, 2.05) is 0 Å². The van der Waals surface area contributed by atoms with Crippen LogP contribution < -0.4 is 10.1 Å². The predicted molar refractivity (Wildman–Crippen MR) is 53.2 cm³/mol. The van der Waals surface area contributed by atoms with E-state index < -0.39 is 5.82 Å². The van der Waals surface area contributed by atoms with Crippen LogP contribution in [0.25, 0.3) is 0 Å². The summed E-state index contributed by atoms with van der Waals surface area (Å²) in [7, 11) is 0. The average Bonchev–Trinajstić information content (AvgIpc) is 2.20. The van der Waals surface area contributed by atoms with Crippen molar-refractivity contribution in [1.82, 2.24) is 0 Å². The summed E-state index contributed by atoms with van der Waals surface area (Å²) in [6.07, 6.45) is 0. The van der Waals surface area contributed by atoms with Crippen LogP contribution in [0.1, 0.15) is 5.56 Å². The lowest BCUT2D eigenvalue weighted by molar-refractivity contribution is -0.118. The number of fused-ring (bicyclic) bond motifs is 1. The molecule has 0 aliphatic carbocycles. The Morgan fingerprint density at radius 1 is 1.57 bits per heavy atom. The Labute approximate surface area is 88.4 Å². The molecular weight excluding hydrogens is 253 g/mol. The molecule has 1 N–H and O–H groups in total. The minimum absolute atomic E-state index is 0.0555. The molecule has 0 bridgehead atoms. The maximum absolute atomic E-state index is 13.6. The topological polar surface area (TPSA) is 38.3 Å². The summed E-state index contributed by atoms with van der Waals surface area (Å²) in [6, 6.07) is 3.27. The van der Waals surface area contributed by atoms with Gasteiger partial charge in [-0.3, -0.25) is 4.79 Å². The van der Waals surface area contributed by atoms with Gasteiger partial charge in [-0.15, -0.1) is 0 Å². The van der Waals surface area contributed by atoms with Crippen LogP contribution in [0, 0.1) is 5.82 Å². The van der Waals surface area contributed by atoms with Crippen LogP contribution in [0.2, 0.25) is 0 Å². The van der Waals surface area contributed by atoms with Crippen LogP contribution in [-0.2, 0) is 10.1 Å². The minimum Gasteiger partial charge on any atom is -0.481 e. The number of hydrogen-bond donors (Lipinski definition) is 1. The molecule has 74 valence electrons. The Morgan fingerprint density at radius 3 is 3.07 bits per heavy atom. The number of anilines is 1. The van der Waals surface area contributed by atoms with Crippen LogP contribution in [0.4, 0.5) is 10.1 Å². The molecule has 0 atom stereocenters. The monoisotopic (exact) mass is 259 g/mol. The van der Waals surface area contributed by atoms with E-state index in [9.17, 15) is 9.18 Å². The van der Waals surface area contributed by atoms with E-state index in [1.165, 1.54) is 0 Å². The highest BCUT2D eigenvalue weighted by molar-refractivity contribution is 9.08. The van der Waals surface area contributed by atoms with Crippen molar-refractivity contribution in [3.05, 3.63) is 23.5 Å². The molecule has 0 aromatic heterocycles. The van der Waals surface area contributed by atoms with Gasteiger partial charge in [0.05, 0.1) is 0 Å². The number of carbonyl (C=O) groups excluding carboxylic acids is 1. The van der Waals surface area contributed by atoms with Crippen molar-refractivity contribution in [2.75, 3.05) is 11.9 Å². The molecule has 0 spiro atoms. The van der Waals surface area contributed by atoms with Crippen LogP contribution in [0.3, 0.4) is 0 Å². The number of halogens is 2. The normalized spacial score (nSPS) is 14.3. The third-order valence-electron chi connectivity index (χ3n) is 1.95. The molecule has 0 fully saturated rings. The van der Waals surface area contributed by atoms with Gasteiger partial charge in [0.25, 0.3) is 5.91 Å².